The summed E-state index contributed by atoms with van der Waals surface area (Å²) in [5, 5.41) is 4.36. The number of piperidine rings is 2. The Morgan fingerprint density at radius 3 is 2.47 bits per heavy atom. The topological polar surface area (TPSA) is 76.0 Å². The van der Waals surface area contributed by atoms with Gasteiger partial charge in [-0.2, -0.15) is 5.10 Å². The first kappa shape index (κ1) is 21.7. The highest BCUT2D eigenvalue weighted by molar-refractivity contribution is 5.89. The number of carbonyl (C=O) groups is 1. The highest BCUT2D eigenvalue weighted by Crippen LogP contribution is 2.36. The predicted molar refractivity (Wildman–Crippen MR) is 128 cm³/mol. The normalized spacial score (nSPS) is 23.9. The minimum Gasteiger partial charge on any atom is -0.474 e. The number of nitrogens with zero attached hydrogens (tertiary/aromatic N) is 6. The van der Waals surface area contributed by atoms with Gasteiger partial charge in [0.1, 0.15) is 11.7 Å². The van der Waals surface area contributed by atoms with Gasteiger partial charge in [-0.15, -0.1) is 0 Å². The Bertz CT molecular complexity index is 1000. The van der Waals surface area contributed by atoms with Crippen LogP contribution < -0.4 is 14.5 Å². The van der Waals surface area contributed by atoms with Crippen LogP contribution in [-0.4, -0.2) is 76.2 Å². The summed E-state index contributed by atoms with van der Waals surface area (Å²) in [6.07, 6.45) is 11.6. The van der Waals surface area contributed by atoms with Gasteiger partial charge in [-0.05, 0) is 31.7 Å². The Morgan fingerprint density at radius 1 is 1.06 bits per heavy atom. The molecule has 4 fully saturated rings. The molecule has 34 heavy (non-hydrogen) atoms. The molecule has 5 heterocycles. The summed E-state index contributed by atoms with van der Waals surface area (Å²) in [6, 6.07) is 6.77. The summed E-state index contributed by atoms with van der Waals surface area (Å²) in [5.74, 6) is 1.37. The molecule has 2 aromatic heterocycles. The van der Waals surface area contributed by atoms with Gasteiger partial charge in [0.2, 0.25) is 5.88 Å². The minimum absolute atomic E-state index is 0.267. The maximum Gasteiger partial charge on any atom is 0.416 e. The number of hydrogen-bond acceptors (Lipinski definition) is 7. The van der Waals surface area contributed by atoms with Gasteiger partial charge < -0.3 is 19.3 Å². The quantitative estimate of drug-likeness (QED) is 0.670. The second-order valence-corrected chi connectivity index (χ2v) is 10.3. The van der Waals surface area contributed by atoms with Crippen LogP contribution in [0.1, 0.15) is 44.9 Å². The lowest BCUT2D eigenvalue weighted by Gasteiger charge is -2.41. The molecule has 0 atom stereocenters. The van der Waals surface area contributed by atoms with Gasteiger partial charge in [0.15, 0.2) is 5.82 Å². The van der Waals surface area contributed by atoms with Crippen molar-refractivity contribution in [3.63, 3.8) is 0 Å². The summed E-state index contributed by atoms with van der Waals surface area (Å²) in [7, 11) is 1.85. The van der Waals surface area contributed by atoms with E-state index < -0.39 is 5.60 Å². The fraction of sp³-hybridized carbons (Fsp3) is 0.640. The van der Waals surface area contributed by atoms with Gasteiger partial charge in [-0.25, -0.2) is 9.78 Å². The fourth-order valence-corrected chi connectivity index (χ4v) is 5.69. The monoisotopic (exact) mass is 466 g/mol. The standard InChI is InChI=1S/C25H34N6O3/c1-28-12-9-22(27-28)31-18-25(34-24(31)32)10-15-30(16-11-25)20-5-6-23(26-17-20)33-21-7-13-29(14-8-21)19-3-2-4-19/h5-6,9,12,17,19,21H,2-4,7-8,10-11,13-16,18H2,1H3. The van der Waals surface area contributed by atoms with Crippen LogP contribution in [0.2, 0.25) is 0 Å². The van der Waals surface area contributed by atoms with E-state index >= 15 is 0 Å². The Morgan fingerprint density at radius 2 is 1.85 bits per heavy atom. The molecule has 4 aliphatic rings. The lowest BCUT2D eigenvalue weighted by molar-refractivity contribution is 0.0366. The van der Waals surface area contributed by atoms with Gasteiger partial charge in [-0.1, -0.05) is 6.42 Å². The SMILES string of the molecule is Cn1ccc(N2CC3(CCN(c4ccc(OC5CCN(C6CCC6)CC5)nc4)CC3)OC2=O)n1. The molecule has 0 N–H and O–H groups in total. The molecule has 1 aliphatic carbocycles. The van der Waals surface area contributed by atoms with E-state index in [1.165, 1.54) is 19.3 Å². The Labute approximate surface area is 200 Å². The summed E-state index contributed by atoms with van der Waals surface area (Å²) < 4.78 is 13.8. The maximum absolute atomic E-state index is 12.5. The van der Waals surface area contributed by atoms with Gasteiger partial charge in [0.25, 0.3) is 0 Å². The Kier molecular flexibility index (Phi) is 5.59. The van der Waals surface area contributed by atoms with Crippen molar-refractivity contribution in [2.24, 2.45) is 7.05 Å². The van der Waals surface area contributed by atoms with Crippen LogP contribution in [0.25, 0.3) is 0 Å². The molecular formula is C25H34N6O3. The van der Waals surface area contributed by atoms with Crippen molar-refractivity contribution in [1.82, 2.24) is 19.7 Å². The predicted octanol–water partition coefficient (Wildman–Crippen LogP) is 3.21. The molecule has 3 aliphatic heterocycles. The summed E-state index contributed by atoms with van der Waals surface area (Å²) in [6.45, 7) is 4.49. The van der Waals surface area contributed by atoms with Crippen molar-refractivity contribution in [3.05, 3.63) is 30.6 Å². The van der Waals surface area contributed by atoms with Crippen LogP contribution in [0.5, 0.6) is 5.88 Å². The van der Waals surface area contributed by atoms with Gasteiger partial charge >= 0.3 is 6.09 Å². The summed E-state index contributed by atoms with van der Waals surface area (Å²) >= 11 is 0. The molecule has 6 rings (SSSR count). The average molecular weight is 467 g/mol. The second kappa shape index (κ2) is 8.76. The molecular weight excluding hydrogens is 432 g/mol. The largest absolute Gasteiger partial charge is 0.474 e. The lowest BCUT2D eigenvalue weighted by Crippen LogP contribution is -2.47. The number of anilines is 2. The molecule has 3 saturated heterocycles. The first-order chi connectivity index (χ1) is 16.6. The number of ether oxygens (including phenoxy) is 2. The van der Waals surface area contributed by atoms with Crippen LogP contribution in [0.15, 0.2) is 30.6 Å². The van der Waals surface area contributed by atoms with E-state index in [0.29, 0.717) is 12.4 Å². The molecule has 1 amide bonds. The molecule has 0 unspecified atom stereocenters. The Hall–Kier alpha value is -2.81. The van der Waals surface area contributed by atoms with Gasteiger partial charge in [0.05, 0.1) is 18.4 Å². The maximum atomic E-state index is 12.5. The number of pyridine rings is 1. The smallest absolute Gasteiger partial charge is 0.416 e. The van der Waals surface area contributed by atoms with E-state index in [-0.39, 0.29) is 12.2 Å². The first-order valence-electron chi connectivity index (χ1n) is 12.7. The fourth-order valence-electron chi connectivity index (χ4n) is 5.69. The van der Waals surface area contributed by atoms with Crippen molar-refractivity contribution in [2.75, 3.05) is 42.5 Å². The highest BCUT2D eigenvalue weighted by atomic mass is 16.6. The number of amides is 1. The van der Waals surface area contributed by atoms with Crippen LogP contribution in [-0.2, 0) is 11.8 Å². The Balaban J connectivity index is 1.01. The highest BCUT2D eigenvalue weighted by Gasteiger charge is 2.48. The van der Waals surface area contributed by atoms with Crippen LogP contribution in [0.4, 0.5) is 16.3 Å². The van der Waals surface area contributed by atoms with Crippen molar-refractivity contribution in [2.45, 2.75) is 62.7 Å². The molecule has 9 heteroatoms. The van der Waals surface area contributed by atoms with Crippen molar-refractivity contribution < 1.29 is 14.3 Å². The molecule has 0 bridgehead atoms. The number of aryl methyl sites for hydroxylation is 1. The van der Waals surface area contributed by atoms with Crippen molar-refractivity contribution in [3.8, 4) is 5.88 Å². The third kappa shape index (κ3) is 4.21. The zero-order valence-electron chi connectivity index (χ0n) is 19.9. The number of likely N-dealkylation sites (tertiary alicyclic amines) is 1. The number of aromatic nitrogens is 3. The number of rotatable bonds is 5. The van der Waals surface area contributed by atoms with E-state index in [4.69, 9.17) is 9.47 Å². The van der Waals surface area contributed by atoms with Crippen LogP contribution in [0.3, 0.4) is 0 Å². The second-order valence-electron chi connectivity index (χ2n) is 10.3. The minimum atomic E-state index is -0.435. The zero-order valence-corrected chi connectivity index (χ0v) is 19.9. The van der Waals surface area contributed by atoms with Crippen molar-refractivity contribution >= 4 is 17.6 Å². The molecule has 0 radical (unpaired) electrons. The van der Waals surface area contributed by atoms with E-state index in [9.17, 15) is 4.79 Å². The van der Waals surface area contributed by atoms with E-state index in [1.54, 1.807) is 9.58 Å². The number of carbonyl (C=O) groups excluding carboxylic acids is 1. The van der Waals surface area contributed by atoms with E-state index in [0.717, 1.165) is 69.5 Å². The van der Waals surface area contributed by atoms with Crippen molar-refractivity contribution in [1.29, 1.82) is 0 Å². The lowest BCUT2D eigenvalue weighted by atomic mass is 9.90. The molecule has 182 valence electrons. The molecule has 9 nitrogen and oxygen atoms in total. The average Bonchev–Trinajstić information content (AvgIpc) is 3.38. The van der Waals surface area contributed by atoms with Gasteiger partial charge in [0, 0.05) is 70.4 Å². The molecule has 1 saturated carbocycles. The summed E-state index contributed by atoms with van der Waals surface area (Å²) in [5.41, 5.74) is 0.656. The third-order valence-electron chi connectivity index (χ3n) is 8.06. The van der Waals surface area contributed by atoms with Gasteiger partial charge in [-0.3, -0.25) is 9.58 Å². The molecule has 1 spiro atoms. The van der Waals surface area contributed by atoms with E-state index in [1.807, 2.05) is 31.6 Å². The van der Waals surface area contributed by atoms with Crippen LogP contribution in [0, 0.1) is 0 Å². The van der Waals surface area contributed by atoms with Crippen LogP contribution >= 0.6 is 0 Å². The first-order valence-corrected chi connectivity index (χ1v) is 12.7. The molecule has 0 aromatic carbocycles. The third-order valence-corrected chi connectivity index (χ3v) is 8.06. The zero-order chi connectivity index (χ0) is 23.1. The molecule has 2 aromatic rings. The summed E-state index contributed by atoms with van der Waals surface area (Å²) in [4.78, 5) is 23.7. The van der Waals surface area contributed by atoms with E-state index in [2.05, 4.69) is 25.9 Å². The number of hydrogen-bond donors (Lipinski definition) is 0.